The Hall–Kier alpha value is -1.91. The maximum atomic E-state index is 5.58. The van der Waals surface area contributed by atoms with E-state index in [9.17, 15) is 0 Å². The molecule has 2 aliphatic heterocycles. The molecule has 2 aliphatic rings. The van der Waals surface area contributed by atoms with Crippen molar-refractivity contribution in [2.24, 2.45) is 0 Å². The third kappa shape index (κ3) is 4.39. The monoisotopic (exact) mass is 337 g/mol. The van der Waals surface area contributed by atoms with Crippen LogP contribution in [0.1, 0.15) is 29.5 Å². The number of ether oxygens (including phenoxy) is 1. The van der Waals surface area contributed by atoms with E-state index in [1.54, 1.807) is 0 Å². The summed E-state index contributed by atoms with van der Waals surface area (Å²) in [5.74, 6) is 1.08. The highest BCUT2D eigenvalue weighted by atomic mass is 16.5. The third-order valence-corrected chi connectivity index (χ3v) is 5.32. The standard InChI is InChI=1S/C21H27N3O/c1-2-18(15-22-9-1)16-24-11-6-20(7-12-24)23-10-5-17-3-4-21-19(14-17)8-13-25-21/h1-4,9,14-15,20,23H,5-8,10-13,16H2. The number of piperidine rings is 1. The number of likely N-dealkylation sites (tertiary alicyclic amines) is 1. The van der Waals surface area contributed by atoms with Crippen molar-refractivity contribution in [1.29, 1.82) is 0 Å². The van der Waals surface area contributed by atoms with Crippen LogP contribution in [0.5, 0.6) is 5.75 Å². The molecule has 0 saturated carbocycles. The van der Waals surface area contributed by atoms with Crippen LogP contribution in [-0.4, -0.2) is 42.2 Å². The Morgan fingerprint density at radius 2 is 2.08 bits per heavy atom. The number of aromatic nitrogens is 1. The minimum absolute atomic E-state index is 0.655. The van der Waals surface area contributed by atoms with Crippen LogP contribution in [0.2, 0.25) is 0 Å². The van der Waals surface area contributed by atoms with Gasteiger partial charge in [-0.25, -0.2) is 0 Å². The van der Waals surface area contributed by atoms with Gasteiger partial charge in [-0.2, -0.15) is 0 Å². The third-order valence-electron chi connectivity index (χ3n) is 5.32. The first-order chi connectivity index (χ1) is 12.4. The summed E-state index contributed by atoms with van der Waals surface area (Å²) in [6.07, 6.45) is 8.45. The fraction of sp³-hybridized carbons (Fsp3) is 0.476. The molecule has 4 rings (SSSR count). The van der Waals surface area contributed by atoms with Crippen LogP contribution < -0.4 is 10.1 Å². The van der Waals surface area contributed by atoms with Gasteiger partial charge in [-0.15, -0.1) is 0 Å². The van der Waals surface area contributed by atoms with Gasteiger partial charge in [-0.3, -0.25) is 9.88 Å². The first-order valence-corrected chi connectivity index (χ1v) is 9.46. The number of hydrogen-bond donors (Lipinski definition) is 1. The van der Waals surface area contributed by atoms with Gasteiger partial charge in [0, 0.05) is 31.4 Å². The summed E-state index contributed by atoms with van der Waals surface area (Å²) in [6.45, 7) is 5.27. The number of nitrogens with one attached hydrogen (secondary N) is 1. The zero-order chi connectivity index (χ0) is 16.9. The predicted molar refractivity (Wildman–Crippen MR) is 99.9 cm³/mol. The molecule has 1 fully saturated rings. The average molecular weight is 337 g/mol. The van der Waals surface area contributed by atoms with E-state index in [-0.39, 0.29) is 0 Å². The highest BCUT2D eigenvalue weighted by Crippen LogP contribution is 2.26. The number of fused-ring (bicyclic) bond motifs is 1. The summed E-state index contributed by atoms with van der Waals surface area (Å²) in [5, 5.41) is 3.75. The number of benzene rings is 1. The first kappa shape index (κ1) is 16.6. The van der Waals surface area contributed by atoms with Crippen LogP contribution in [0.4, 0.5) is 0 Å². The van der Waals surface area contributed by atoms with Gasteiger partial charge in [-0.05, 0) is 67.7 Å². The molecular formula is C21H27N3O. The van der Waals surface area contributed by atoms with E-state index >= 15 is 0 Å². The number of hydrogen-bond acceptors (Lipinski definition) is 4. The van der Waals surface area contributed by atoms with Crippen molar-refractivity contribution in [3.63, 3.8) is 0 Å². The summed E-state index contributed by atoms with van der Waals surface area (Å²) >= 11 is 0. The molecule has 25 heavy (non-hydrogen) atoms. The molecule has 0 spiro atoms. The highest BCUT2D eigenvalue weighted by Gasteiger charge is 2.19. The smallest absolute Gasteiger partial charge is 0.122 e. The second kappa shape index (κ2) is 7.98. The van der Waals surface area contributed by atoms with Crippen LogP contribution in [0.15, 0.2) is 42.7 Å². The molecule has 1 aromatic carbocycles. The van der Waals surface area contributed by atoms with Gasteiger partial charge >= 0.3 is 0 Å². The topological polar surface area (TPSA) is 37.4 Å². The normalized spacial score (nSPS) is 18.1. The molecule has 1 saturated heterocycles. The summed E-state index contributed by atoms with van der Waals surface area (Å²) in [5.41, 5.74) is 4.11. The second-order valence-electron chi connectivity index (χ2n) is 7.16. The molecule has 1 N–H and O–H groups in total. The van der Waals surface area contributed by atoms with E-state index in [4.69, 9.17) is 4.74 Å². The fourth-order valence-electron chi connectivity index (χ4n) is 3.86. The molecule has 0 atom stereocenters. The van der Waals surface area contributed by atoms with Gasteiger partial charge in [-0.1, -0.05) is 18.2 Å². The van der Waals surface area contributed by atoms with E-state index < -0.39 is 0 Å². The molecule has 4 nitrogen and oxygen atoms in total. The van der Waals surface area contributed by atoms with E-state index in [0.717, 1.165) is 38.3 Å². The number of rotatable bonds is 6. The highest BCUT2D eigenvalue weighted by molar-refractivity contribution is 5.39. The minimum atomic E-state index is 0.655. The maximum absolute atomic E-state index is 5.58. The van der Waals surface area contributed by atoms with Gasteiger partial charge in [0.25, 0.3) is 0 Å². The van der Waals surface area contributed by atoms with E-state index in [0.29, 0.717) is 6.04 Å². The first-order valence-electron chi connectivity index (χ1n) is 9.46. The SMILES string of the molecule is c1cncc(CN2CCC(NCCc3ccc4c(c3)CCO4)CC2)c1. The van der Waals surface area contributed by atoms with Crippen molar-refractivity contribution in [2.75, 3.05) is 26.2 Å². The Labute approximate surface area is 150 Å². The summed E-state index contributed by atoms with van der Waals surface area (Å²) < 4.78 is 5.58. The van der Waals surface area contributed by atoms with E-state index in [2.05, 4.69) is 39.5 Å². The van der Waals surface area contributed by atoms with Gasteiger partial charge in [0.15, 0.2) is 0 Å². The van der Waals surface area contributed by atoms with Gasteiger partial charge in [0.2, 0.25) is 0 Å². The Morgan fingerprint density at radius 3 is 2.92 bits per heavy atom. The Morgan fingerprint density at radius 1 is 1.16 bits per heavy atom. The van der Waals surface area contributed by atoms with E-state index in [1.165, 1.54) is 42.6 Å². The lowest BCUT2D eigenvalue weighted by Gasteiger charge is -2.32. The average Bonchev–Trinajstić information content (AvgIpc) is 3.12. The lowest BCUT2D eigenvalue weighted by Crippen LogP contribution is -2.42. The Bertz CT molecular complexity index is 681. The zero-order valence-electron chi connectivity index (χ0n) is 14.8. The molecule has 0 radical (unpaired) electrons. The molecule has 0 amide bonds. The summed E-state index contributed by atoms with van der Waals surface area (Å²) in [4.78, 5) is 6.75. The summed E-state index contributed by atoms with van der Waals surface area (Å²) in [7, 11) is 0. The van der Waals surface area contributed by atoms with Crippen LogP contribution in [-0.2, 0) is 19.4 Å². The largest absolute Gasteiger partial charge is 0.493 e. The van der Waals surface area contributed by atoms with Gasteiger partial charge in [0.05, 0.1) is 6.61 Å². The molecule has 4 heteroatoms. The van der Waals surface area contributed by atoms with Crippen molar-refractivity contribution in [3.05, 3.63) is 59.4 Å². The molecule has 0 bridgehead atoms. The molecule has 0 aliphatic carbocycles. The van der Waals surface area contributed by atoms with Crippen molar-refractivity contribution in [2.45, 2.75) is 38.3 Å². The maximum Gasteiger partial charge on any atom is 0.122 e. The van der Waals surface area contributed by atoms with Crippen LogP contribution in [0, 0.1) is 0 Å². The Kier molecular flexibility index (Phi) is 5.28. The van der Waals surface area contributed by atoms with Crippen molar-refractivity contribution >= 4 is 0 Å². The Balaban J connectivity index is 1.18. The molecule has 0 unspecified atom stereocenters. The number of pyridine rings is 1. The molecule has 3 heterocycles. The van der Waals surface area contributed by atoms with Gasteiger partial charge < -0.3 is 10.1 Å². The number of nitrogens with zero attached hydrogens (tertiary/aromatic N) is 2. The van der Waals surface area contributed by atoms with Crippen LogP contribution >= 0.6 is 0 Å². The van der Waals surface area contributed by atoms with Crippen molar-refractivity contribution in [1.82, 2.24) is 15.2 Å². The minimum Gasteiger partial charge on any atom is -0.493 e. The lowest BCUT2D eigenvalue weighted by molar-refractivity contribution is 0.191. The molecular weight excluding hydrogens is 310 g/mol. The van der Waals surface area contributed by atoms with Crippen molar-refractivity contribution in [3.8, 4) is 5.75 Å². The molecule has 1 aromatic heterocycles. The molecule has 132 valence electrons. The molecule has 2 aromatic rings. The van der Waals surface area contributed by atoms with Gasteiger partial charge in [0.1, 0.15) is 5.75 Å². The quantitative estimate of drug-likeness (QED) is 0.879. The van der Waals surface area contributed by atoms with Crippen LogP contribution in [0.25, 0.3) is 0 Å². The fourth-order valence-corrected chi connectivity index (χ4v) is 3.86. The lowest BCUT2D eigenvalue weighted by atomic mass is 10.0. The zero-order valence-corrected chi connectivity index (χ0v) is 14.8. The van der Waals surface area contributed by atoms with Crippen LogP contribution in [0.3, 0.4) is 0 Å². The predicted octanol–water partition coefficient (Wildman–Crippen LogP) is 2.81. The summed E-state index contributed by atoms with van der Waals surface area (Å²) in [6, 6.07) is 11.5. The second-order valence-corrected chi connectivity index (χ2v) is 7.16. The van der Waals surface area contributed by atoms with Crippen molar-refractivity contribution < 1.29 is 4.74 Å². The van der Waals surface area contributed by atoms with E-state index in [1.807, 2.05) is 18.5 Å².